The molecule has 2 heterocycles. The standard InChI is InChI=1S/C20H31N5O2S/c1-20(2,3)16-5-4-6-18(15-16)28(26,27)25(17-7-10-22-11-8-17)14-13-24-19(21)9-12-23-24/h4-6,9,12,15,17,22H,7-8,10-11,13-14,21H2,1-3H3. The fraction of sp³-hybridized carbons (Fsp3) is 0.550. The van der Waals surface area contributed by atoms with Gasteiger partial charge in [-0.3, -0.25) is 0 Å². The molecular weight excluding hydrogens is 374 g/mol. The maximum absolute atomic E-state index is 13.6. The highest BCUT2D eigenvalue weighted by Crippen LogP contribution is 2.28. The van der Waals surface area contributed by atoms with Gasteiger partial charge in [-0.2, -0.15) is 9.40 Å². The van der Waals surface area contributed by atoms with Gasteiger partial charge in [-0.15, -0.1) is 0 Å². The van der Waals surface area contributed by atoms with Gasteiger partial charge in [0.1, 0.15) is 5.82 Å². The minimum atomic E-state index is -3.63. The minimum absolute atomic E-state index is 0.0265. The number of nitrogens with zero attached hydrogens (tertiary/aromatic N) is 3. The average molecular weight is 406 g/mol. The molecule has 0 bridgehead atoms. The van der Waals surface area contributed by atoms with Crippen molar-refractivity contribution in [2.24, 2.45) is 0 Å². The predicted octanol–water partition coefficient (Wildman–Crippen LogP) is 2.21. The molecule has 154 valence electrons. The van der Waals surface area contributed by atoms with Crippen LogP contribution in [0.3, 0.4) is 0 Å². The molecule has 1 aliphatic rings. The Bertz CT molecular complexity index is 895. The molecule has 0 radical (unpaired) electrons. The Kier molecular flexibility index (Phi) is 6.12. The van der Waals surface area contributed by atoms with Crippen molar-refractivity contribution < 1.29 is 8.42 Å². The molecule has 0 amide bonds. The topological polar surface area (TPSA) is 93.2 Å². The quantitative estimate of drug-likeness (QED) is 0.769. The van der Waals surface area contributed by atoms with Crippen LogP contribution in [0.4, 0.5) is 5.82 Å². The lowest BCUT2D eigenvalue weighted by Gasteiger charge is -2.34. The second-order valence-electron chi connectivity index (χ2n) is 8.35. The summed E-state index contributed by atoms with van der Waals surface area (Å²) >= 11 is 0. The fourth-order valence-electron chi connectivity index (χ4n) is 3.58. The number of hydrogen-bond acceptors (Lipinski definition) is 5. The predicted molar refractivity (Wildman–Crippen MR) is 112 cm³/mol. The van der Waals surface area contributed by atoms with Gasteiger partial charge in [-0.05, 0) is 55.1 Å². The van der Waals surface area contributed by atoms with E-state index in [0.717, 1.165) is 31.5 Å². The number of nitrogen functional groups attached to an aromatic ring is 1. The van der Waals surface area contributed by atoms with E-state index in [-0.39, 0.29) is 11.5 Å². The van der Waals surface area contributed by atoms with Crippen LogP contribution >= 0.6 is 0 Å². The first kappa shape index (κ1) is 20.8. The van der Waals surface area contributed by atoms with Crippen LogP contribution in [-0.4, -0.2) is 48.2 Å². The Balaban J connectivity index is 1.92. The Morgan fingerprint density at radius 2 is 1.96 bits per heavy atom. The molecule has 3 rings (SSSR count). The number of benzene rings is 1. The summed E-state index contributed by atoms with van der Waals surface area (Å²) in [6.07, 6.45) is 3.23. The molecule has 2 aromatic rings. The first-order valence-corrected chi connectivity index (χ1v) is 11.2. The van der Waals surface area contributed by atoms with Crippen molar-refractivity contribution >= 4 is 15.8 Å². The Hall–Kier alpha value is -1.90. The molecule has 0 atom stereocenters. The van der Waals surface area contributed by atoms with Crippen LogP contribution in [0, 0.1) is 0 Å². The second-order valence-corrected chi connectivity index (χ2v) is 10.2. The average Bonchev–Trinajstić information content (AvgIpc) is 3.07. The summed E-state index contributed by atoms with van der Waals surface area (Å²) in [7, 11) is -3.63. The Morgan fingerprint density at radius 1 is 1.25 bits per heavy atom. The van der Waals surface area contributed by atoms with Crippen molar-refractivity contribution in [1.82, 2.24) is 19.4 Å². The number of piperidine rings is 1. The van der Waals surface area contributed by atoms with Gasteiger partial charge in [0.25, 0.3) is 0 Å². The van der Waals surface area contributed by atoms with Crippen molar-refractivity contribution in [1.29, 1.82) is 0 Å². The third kappa shape index (κ3) is 4.56. The monoisotopic (exact) mass is 405 g/mol. The molecule has 3 N–H and O–H groups in total. The number of nitrogens with two attached hydrogens (primary N) is 1. The summed E-state index contributed by atoms with van der Waals surface area (Å²) in [5.74, 6) is 0.539. The first-order chi connectivity index (χ1) is 13.2. The lowest BCUT2D eigenvalue weighted by molar-refractivity contribution is 0.253. The van der Waals surface area contributed by atoms with Crippen LogP contribution in [0.2, 0.25) is 0 Å². The van der Waals surface area contributed by atoms with Gasteiger partial charge < -0.3 is 11.1 Å². The number of sulfonamides is 1. The fourth-order valence-corrected chi connectivity index (χ4v) is 5.30. The molecule has 1 aliphatic heterocycles. The number of nitrogens with one attached hydrogen (secondary N) is 1. The zero-order chi connectivity index (χ0) is 20.4. The van der Waals surface area contributed by atoms with E-state index in [9.17, 15) is 8.42 Å². The number of anilines is 1. The van der Waals surface area contributed by atoms with Gasteiger partial charge >= 0.3 is 0 Å². The summed E-state index contributed by atoms with van der Waals surface area (Å²) in [4.78, 5) is 0.354. The normalized spacial score (nSPS) is 16.6. The van der Waals surface area contributed by atoms with E-state index in [4.69, 9.17) is 5.73 Å². The molecule has 28 heavy (non-hydrogen) atoms. The van der Waals surface area contributed by atoms with Crippen LogP contribution < -0.4 is 11.1 Å². The summed E-state index contributed by atoms with van der Waals surface area (Å²) in [5, 5.41) is 7.50. The first-order valence-electron chi connectivity index (χ1n) is 9.80. The molecule has 0 unspecified atom stereocenters. The van der Waals surface area contributed by atoms with Crippen molar-refractivity contribution in [3.63, 3.8) is 0 Å². The van der Waals surface area contributed by atoms with Crippen LogP contribution in [0.1, 0.15) is 39.2 Å². The molecule has 1 aromatic carbocycles. The minimum Gasteiger partial charge on any atom is -0.384 e. The van der Waals surface area contributed by atoms with Gasteiger partial charge in [-0.1, -0.05) is 32.9 Å². The van der Waals surface area contributed by atoms with Crippen LogP contribution in [-0.2, 0) is 22.0 Å². The van der Waals surface area contributed by atoms with Crippen molar-refractivity contribution in [3.05, 3.63) is 42.1 Å². The second kappa shape index (κ2) is 8.23. The molecule has 0 spiro atoms. The largest absolute Gasteiger partial charge is 0.384 e. The van der Waals surface area contributed by atoms with E-state index in [1.807, 2.05) is 18.2 Å². The zero-order valence-corrected chi connectivity index (χ0v) is 17.7. The van der Waals surface area contributed by atoms with Crippen molar-refractivity contribution in [2.75, 3.05) is 25.4 Å². The highest BCUT2D eigenvalue weighted by atomic mass is 32.2. The number of hydrogen-bond donors (Lipinski definition) is 2. The SMILES string of the molecule is CC(C)(C)c1cccc(S(=O)(=O)N(CCn2nccc2N)C2CCNCC2)c1. The number of rotatable bonds is 6. The highest BCUT2D eigenvalue weighted by molar-refractivity contribution is 7.89. The van der Waals surface area contributed by atoms with Crippen LogP contribution in [0.5, 0.6) is 0 Å². The number of aromatic nitrogens is 2. The van der Waals surface area contributed by atoms with Gasteiger partial charge in [0.05, 0.1) is 17.6 Å². The Labute approximate surface area is 168 Å². The van der Waals surface area contributed by atoms with Crippen LogP contribution in [0.25, 0.3) is 0 Å². The molecule has 7 nitrogen and oxygen atoms in total. The molecule has 1 fully saturated rings. The van der Waals surface area contributed by atoms with Gasteiger partial charge in [0, 0.05) is 12.6 Å². The maximum atomic E-state index is 13.6. The summed E-state index contributed by atoms with van der Waals surface area (Å²) < 4.78 is 30.5. The van der Waals surface area contributed by atoms with Gasteiger partial charge in [-0.25, -0.2) is 13.1 Å². The third-order valence-electron chi connectivity index (χ3n) is 5.30. The third-order valence-corrected chi connectivity index (χ3v) is 7.25. The Morgan fingerprint density at radius 3 is 2.57 bits per heavy atom. The lowest BCUT2D eigenvalue weighted by atomic mass is 9.87. The van der Waals surface area contributed by atoms with E-state index in [0.29, 0.717) is 23.8 Å². The smallest absolute Gasteiger partial charge is 0.243 e. The summed E-state index contributed by atoms with van der Waals surface area (Å²) in [6, 6.07) is 9.02. The molecule has 8 heteroatoms. The van der Waals surface area contributed by atoms with E-state index in [2.05, 4.69) is 31.2 Å². The van der Waals surface area contributed by atoms with E-state index in [1.165, 1.54) is 0 Å². The zero-order valence-electron chi connectivity index (χ0n) is 16.9. The van der Waals surface area contributed by atoms with Crippen molar-refractivity contribution in [3.8, 4) is 0 Å². The van der Waals surface area contributed by atoms with Gasteiger partial charge in [0.2, 0.25) is 10.0 Å². The van der Waals surface area contributed by atoms with E-state index in [1.54, 1.807) is 27.3 Å². The van der Waals surface area contributed by atoms with Crippen molar-refractivity contribution in [2.45, 2.75) is 56.5 Å². The highest BCUT2D eigenvalue weighted by Gasteiger charge is 2.33. The summed E-state index contributed by atoms with van der Waals surface area (Å²) in [5.41, 5.74) is 6.81. The van der Waals surface area contributed by atoms with E-state index >= 15 is 0 Å². The maximum Gasteiger partial charge on any atom is 0.243 e. The lowest BCUT2D eigenvalue weighted by Crippen LogP contribution is -2.47. The van der Waals surface area contributed by atoms with Crippen LogP contribution in [0.15, 0.2) is 41.4 Å². The molecular formula is C20H31N5O2S. The molecule has 0 aliphatic carbocycles. The summed E-state index contributed by atoms with van der Waals surface area (Å²) in [6.45, 7) is 8.68. The molecule has 1 saturated heterocycles. The molecule has 1 aromatic heterocycles. The van der Waals surface area contributed by atoms with E-state index < -0.39 is 10.0 Å². The molecule has 0 saturated carbocycles. The van der Waals surface area contributed by atoms with Gasteiger partial charge in [0.15, 0.2) is 0 Å².